The molecule has 5 heteroatoms. The molecule has 1 saturated heterocycles. The standard InChI is InChI=1S/C19H26N2O3/c1-13(20)18(22)21-16-10-6-5-9-15(16)11-17(21)19(23)24-12-14-7-3-2-4-8-14/h2-4,7-8,13,15-17H,5-6,9-12,20H2,1H3/t13?,15-,16-,17-/m0/s1. The van der Waals surface area contributed by atoms with Gasteiger partial charge in [-0.1, -0.05) is 43.2 Å². The van der Waals surface area contributed by atoms with Crippen molar-refractivity contribution in [2.45, 2.75) is 63.8 Å². The number of rotatable bonds is 4. The largest absolute Gasteiger partial charge is 0.459 e. The summed E-state index contributed by atoms with van der Waals surface area (Å²) in [5.74, 6) is -0.0379. The fraction of sp³-hybridized carbons (Fsp3) is 0.579. The minimum Gasteiger partial charge on any atom is -0.459 e. The third-order valence-electron chi connectivity index (χ3n) is 5.23. The van der Waals surface area contributed by atoms with Gasteiger partial charge < -0.3 is 15.4 Å². The molecule has 1 heterocycles. The van der Waals surface area contributed by atoms with E-state index in [1.807, 2.05) is 30.3 Å². The van der Waals surface area contributed by atoms with Gasteiger partial charge in [0.15, 0.2) is 0 Å². The van der Waals surface area contributed by atoms with Crippen molar-refractivity contribution < 1.29 is 14.3 Å². The van der Waals surface area contributed by atoms with Crippen molar-refractivity contribution >= 4 is 11.9 Å². The molecule has 2 aliphatic rings. The van der Waals surface area contributed by atoms with Crippen LogP contribution in [-0.2, 0) is 20.9 Å². The van der Waals surface area contributed by atoms with E-state index in [4.69, 9.17) is 10.5 Å². The van der Waals surface area contributed by atoms with Gasteiger partial charge >= 0.3 is 5.97 Å². The number of likely N-dealkylation sites (tertiary alicyclic amines) is 1. The molecule has 1 amide bonds. The number of nitrogens with two attached hydrogens (primary N) is 1. The van der Waals surface area contributed by atoms with E-state index in [-0.39, 0.29) is 24.5 Å². The molecule has 24 heavy (non-hydrogen) atoms. The third-order valence-corrected chi connectivity index (χ3v) is 5.23. The van der Waals surface area contributed by atoms with Crippen LogP contribution in [0.3, 0.4) is 0 Å². The maximum Gasteiger partial charge on any atom is 0.329 e. The second-order valence-corrected chi connectivity index (χ2v) is 6.99. The van der Waals surface area contributed by atoms with Crippen molar-refractivity contribution in [1.29, 1.82) is 0 Å². The summed E-state index contributed by atoms with van der Waals surface area (Å²) in [4.78, 5) is 27.0. The molecule has 1 unspecified atom stereocenters. The molecule has 1 aromatic rings. The molecule has 1 aliphatic carbocycles. The zero-order valence-corrected chi connectivity index (χ0v) is 14.2. The van der Waals surface area contributed by atoms with E-state index in [0.717, 1.165) is 24.8 Å². The van der Waals surface area contributed by atoms with E-state index in [0.29, 0.717) is 12.3 Å². The normalized spacial score (nSPS) is 27.4. The molecule has 2 fully saturated rings. The molecule has 3 rings (SSSR count). The van der Waals surface area contributed by atoms with E-state index in [1.54, 1.807) is 11.8 Å². The first-order valence-corrected chi connectivity index (χ1v) is 8.86. The van der Waals surface area contributed by atoms with Crippen LogP contribution >= 0.6 is 0 Å². The fourth-order valence-electron chi connectivity index (χ4n) is 4.05. The number of fused-ring (bicyclic) bond motifs is 1. The highest BCUT2D eigenvalue weighted by Gasteiger charge is 2.48. The predicted molar refractivity (Wildman–Crippen MR) is 90.9 cm³/mol. The smallest absolute Gasteiger partial charge is 0.329 e. The molecule has 5 nitrogen and oxygen atoms in total. The fourth-order valence-corrected chi connectivity index (χ4v) is 4.05. The number of carbonyl (C=O) groups excluding carboxylic acids is 2. The van der Waals surface area contributed by atoms with E-state index in [9.17, 15) is 9.59 Å². The highest BCUT2D eigenvalue weighted by molar-refractivity contribution is 5.88. The van der Waals surface area contributed by atoms with Crippen LogP contribution in [0.2, 0.25) is 0 Å². The summed E-state index contributed by atoms with van der Waals surface area (Å²) in [7, 11) is 0. The highest BCUT2D eigenvalue weighted by Crippen LogP contribution is 2.40. The van der Waals surface area contributed by atoms with Crippen molar-refractivity contribution in [3.05, 3.63) is 35.9 Å². The first-order valence-electron chi connectivity index (χ1n) is 8.86. The Kier molecular flexibility index (Phi) is 5.19. The van der Waals surface area contributed by atoms with E-state index < -0.39 is 12.1 Å². The van der Waals surface area contributed by atoms with Gasteiger partial charge in [0.1, 0.15) is 12.6 Å². The van der Waals surface area contributed by atoms with Crippen LogP contribution in [0.25, 0.3) is 0 Å². The Balaban J connectivity index is 1.71. The lowest BCUT2D eigenvalue weighted by Crippen LogP contribution is -2.52. The van der Waals surface area contributed by atoms with Gasteiger partial charge in [0.25, 0.3) is 0 Å². The second-order valence-electron chi connectivity index (χ2n) is 6.99. The van der Waals surface area contributed by atoms with E-state index in [2.05, 4.69) is 0 Å². The molecule has 0 radical (unpaired) electrons. The summed E-state index contributed by atoms with van der Waals surface area (Å²) in [6.07, 6.45) is 5.03. The van der Waals surface area contributed by atoms with Crippen LogP contribution in [0.1, 0.15) is 44.6 Å². The average Bonchev–Trinajstić information content (AvgIpc) is 2.99. The van der Waals surface area contributed by atoms with Gasteiger partial charge in [0.2, 0.25) is 5.91 Å². The molecule has 0 bridgehead atoms. The number of esters is 1. The van der Waals surface area contributed by atoms with Crippen molar-refractivity contribution in [2.24, 2.45) is 11.7 Å². The van der Waals surface area contributed by atoms with Crippen molar-refractivity contribution in [1.82, 2.24) is 4.90 Å². The number of nitrogens with zero attached hydrogens (tertiary/aromatic N) is 1. The molecule has 2 N–H and O–H groups in total. The molecular formula is C19H26N2O3. The minimum atomic E-state index is -0.588. The predicted octanol–water partition coefficient (Wildman–Crippen LogP) is 2.24. The Morgan fingerprint density at radius 1 is 1.25 bits per heavy atom. The van der Waals surface area contributed by atoms with Gasteiger partial charge in [0.05, 0.1) is 6.04 Å². The van der Waals surface area contributed by atoms with Crippen LogP contribution in [-0.4, -0.2) is 34.9 Å². The van der Waals surface area contributed by atoms with Crippen molar-refractivity contribution in [3.8, 4) is 0 Å². The zero-order chi connectivity index (χ0) is 17.1. The molecule has 1 saturated carbocycles. The van der Waals surface area contributed by atoms with Crippen LogP contribution < -0.4 is 5.73 Å². The number of amides is 1. The molecule has 130 valence electrons. The van der Waals surface area contributed by atoms with Gasteiger partial charge in [-0.15, -0.1) is 0 Å². The molecular weight excluding hydrogens is 304 g/mol. The number of benzene rings is 1. The maximum absolute atomic E-state index is 12.6. The Morgan fingerprint density at radius 3 is 2.67 bits per heavy atom. The third kappa shape index (κ3) is 3.46. The monoisotopic (exact) mass is 330 g/mol. The van der Waals surface area contributed by atoms with Gasteiger partial charge in [0, 0.05) is 6.04 Å². The van der Waals surface area contributed by atoms with Crippen molar-refractivity contribution in [3.63, 3.8) is 0 Å². The first-order chi connectivity index (χ1) is 11.6. The Morgan fingerprint density at radius 2 is 1.96 bits per heavy atom. The highest BCUT2D eigenvalue weighted by atomic mass is 16.5. The van der Waals surface area contributed by atoms with Gasteiger partial charge in [-0.05, 0) is 37.7 Å². The topological polar surface area (TPSA) is 72.6 Å². The Bertz CT molecular complexity index is 588. The van der Waals surface area contributed by atoms with Gasteiger partial charge in [-0.3, -0.25) is 4.79 Å². The number of hydrogen-bond acceptors (Lipinski definition) is 4. The Labute approximate surface area is 143 Å². The average molecular weight is 330 g/mol. The lowest BCUT2D eigenvalue weighted by molar-refractivity contribution is -0.156. The SMILES string of the molecule is CC(N)C(=O)N1[C@H](C(=O)OCc2ccccc2)C[C@@H]2CCCC[C@@H]21. The van der Waals surface area contributed by atoms with Crippen LogP contribution in [0, 0.1) is 5.92 Å². The summed E-state index contributed by atoms with van der Waals surface area (Å²) in [5.41, 5.74) is 6.77. The molecule has 1 aliphatic heterocycles. The lowest BCUT2D eigenvalue weighted by atomic mass is 9.84. The first kappa shape index (κ1) is 17.0. The lowest BCUT2D eigenvalue weighted by Gasteiger charge is -2.34. The van der Waals surface area contributed by atoms with Gasteiger partial charge in [-0.2, -0.15) is 0 Å². The number of carbonyl (C=O) groups is 2. The molecule has 0 spiro atoms. The zero-order valence-electron chi connectivity index (χ0n) is 14.2. The summed E-state index contributed by atoms with van der Waals surface area (Å²) in [6, 6.07) is 8.68. The maximum atomic E-state index is 12.6. The quantitative estimate of drug-likeness (QED) is 0.859. The summed E-state index contributed by atoms with van der Waals surface area (Å²) in [5, 5.41) is 0. The summed E-state index contributed by atoms with van der Waals surface area (Å²) < 4.78 is 5.50. The van der Waals surface area contributed by atoms with E-state index in [1.165, 1.54) is 6.42 Å². The van der Waals surface area contributed by atoms with E-state index >= 15 is 0 Å². The number of hydrogen-bond donors (Lipinski definition) is 1. The summed E-state index contributed by atoms with van der Waals surface area (Å²) >= 11 is 0. The Hall–Kier alpha value is -1.88. The second kappa shape index (κ2) is 7.34. The van der Waals surface area contributed by atoms with Crippen LogP contribution in [0.4, 0.5) is 0 Å². The van der Waals surface area contributed by atoms with Crippen LogP contribution in [0.15, 0.2) is 30.3 Å². The van der Waals surface area contributed by atoms with Crippen LogP contribution in [0.5, 0.6) is 0 Å². The summed E-state index contributed by atoms with van der Waals surface area (Å²) in [6.45, 7) is 1.93. The molecule has 4 atom stereocenters. The minimum absolute atomic E-state index is 0.133. The molecule has 0 aromatic heterocycles. The van der Waals surface area contributed by atoms with Crippen molar-refractivity contribution in [2.75, 3.05) is 0 Å². The number of ether oxygens (including phenoxy) is 1. The molecule has 1 aromatic carbocycles. The van der Waals surface area contributed by atoms with Gasteiger partial charge in [-0.25, -0.2) is 4.79 Å².